The fraction of sp³-hybridized carbons (Fsp3) is 1.00. The van der Waals surface area contributed by atoms with Crippen molar-refractivity contribution in [2.75, 3.05) is 12.3 Å². The minimum absolute atomic E-state index is 0.213. The molecule has 0 aliphatic rings. The van der Waals surface area contributed by atoms with Gasteiger partial charge in [-0.25, -0.2) is 0 Å². The largest absolute Gasteiger partial charge is 0.301 e. The van der Waals surface area contributed by atoms with Crippen molar-refractivity contribution in [1.29, 1.82) is 0 Å². The first-order valence-corrected chi connectivity index (χ1v) is 4.95. The molecule has 0 rings (SSSR count). The summed E-state index contributed by atoms with van der Waals surface area (Å²) in [6.07, 6.45) is 0.426. The molecule has 0 N–H and O–H groups in total. The van der Waals surface area contributed by atoms with Crippen LogP contribution in [0.1, 0.15) is 13.8 Å². The van der Waals surface area contributed by atoms with Gasteiger partial charge in [0.25, 0.3) is 0 Å². The average Bonchev–Trinajstić information content (AvgIpc) is 1.87. The molecular formula is C4H10NO4P. The van der Waals surface area contributed by atoms with Crippen LogP contribution in [0.5, 0.6) is 0 Å². The van der Waals surface area contributed by atoms with Crippen LogP contribution < -0.4 is 0 Å². The summed E-state index contributed by atoms with van der Waals surface area (Å²) in [6, 6.07) is 0. The average molecular weight is 167 g/mol. The lowest BCUT2D eigenvalue weighted by atomic mass is 11.0. The molecule has 0 aliphatic heterocycles. The summed E-state index contributed by atoms with van der Waals surface area (Å²) in [6.45, 7) is 3.21. The molecule has 0 aliphatic carbocycles. The Morgan fingerprint density at radius 3 is 2.00 bits per heavy atom. The molecule has 0 saturated carbocycles. The SMILES string of the molecule is CCP(=O)(CC)O[N+](=O)[O-]. The number of rotatable bonds is 4. The van der Waals surface area contributed by atoms with E-state index < -0.39 is 12.5 Å². The molecule has 10 heavy (non-hydrogen) atoms. The van der Waals surface area contributed by atoms with Gasteiger partial charge >= 0.3 is 5.09 Å². The number of hydrogen-bond acceptors (Lipinski definition) is 4. The normalized spacial score (nSPS) is 11.0. The van der Waals surface area contributed by atoms with Crippen LogP contribution in [0.2, 0.25) is 0 Å². The van der Waals surface area contributed by atoms with Gasteiger partial charge in [0.15, 0.2) is 0 Å². The van der Waals surface area contributed by atoms with Crippen LogP contribution in [-0.2, 0) is 9.19 Å². The third kappa shape index (κ3) is 2.82. The van der Waals surface area contributed by atoms with Gasteiger partial charge in [-0.05, 0) is 0 Å². The Labute approximate surface area is 58.9 Å². The predicted molar refractivity (Wildman–Crippen MR) is 36.8 cm³/mol. The molecular weight excluding hydrogens is 157 g/mol. The summed E-state index contributed by atoms with van der Waals surface area (Å²) in [7, 11) is -2.94. The van der Waals surface area contributed by atoms with Crippen LogP contribution in [0.3, 0.4) is 0 Å². The van der Waals surface area contributed by atoms with Crippen molar-refractivity contribution in [2.45, 2.75) is 13.8 Å². The van der Waals surface area contributed by atoms with Gasteiger partial charge in [-0.1, -0.05) is 13.8 Å². The number of hydrogen-bond donors (Lipinski definition) is 0. The Morgan fingerprint density at radius 2 is 1.90 bits per heavy atom. The van der Waals surface area contributed by atoms with E-state index in [1.807, 2.05) is 0 Å². The zero-order valence-electron chi connectivity index (χ0n) is 5.94. The minimum atomic E-state index is -2.94. The van der Waals surface area contributed by atoms with Crippen molar-refractivity contribution in [1.82, 2.24) is 0 Å². The molecule has 0 atom stereocenters. The maximum atomic E-state index is 11.1. The van der Waals surface area contributed by atoms with Gasteiger partial charge in [-0.3, -0.25) is 9.19 Å². The van der Waals surface area contributed by atoms with Gasteiger partial charge in [0, 0.05) is 12.3 Å². The second kappa shape index (κ2) is 3.56. The Balaban J connectivity index is 4.07. The Bertz CT molecular complexity index is 161. The lowest BCUT2D eigenvalue weighted by molar-refractivity contribution is -0.713. The molecule has 6 heteroatoms. The van der Waals surface area contributed by atoms with Crippen molar-refractivity contribution in [3.05, 3.63) is 10.1 Å². The molecule has 0 bridgehead atoms. The van der Waals surface area contributed by atoms with Gasteiger partial charge in [-0.15, -0.1) is 10.1 Å². The van der Waals surface area contributed by atoms with Crippen LogP contribution in [0.4, 0.5) is 0 Å². The van der Waals surface area contributed by atoms with Crippen LogP contribution in [0.25, 0.3) is 0 Å². The Morgan fingerprint density at radius 1 is 1.50 bits per heavy atom. The fourth-order valence-corrected chi connectivity index (χ4v) is 1.38. The summed E-state index contributed by atoms with van der Waals surface area (Å²) < 4.78 is 15.1. The summed E-state index contributed by atoms with van der Waals surface area (Å²) >= 11 is 0. The highest BCUT2D eigenvalue weighted by Crippen LogP contribution is 2.45. The molecule has 0 radical (unpaired) electrons. The molecule has 60 valence electrons. The van der Waals surface area contributed by atoms with E-state index in [9.17, 15) is 14.7 Å². The van der Waals surface area contributed by atoms with E-state index in [-0.39, 0.29) is 12.3 Å². The second-order valence-electron chi connectivity index (χ2n) is 1.75. The Kier molecular flexibility index (Phi) is 3.36. The third-order valence-corrected chi connectivity index (χ3v) is 3.54. The van der Waals surface area contributed by atoms with Gasteiger partial charge in [0.05, 0.1) is 0 Å². The van der Waals surface area contributed by atoms with Crippen LogP contribution in [0.15, 0.2) is 0 Å². The van der Waals surface area contributed by atoms with E-state index in [1.165, 1.54) is 0 Å². The van der Waals surface area contributed by atoms with E-state index in [0.717, 1.165) is 0 Å². The van der Waals surface area contributed by atoms with Gasteiger partial charge in [0.1, 0.15) is 0 Å². The molecule has 0 saturated heterocycles. The van der Waals surface area contributed by atoms with E-state index in [2.05, 4.69) is 4.62 Å². The maximum absolute atomic E-state index is 11.1. The van der Waals surface area contributed by atoms with Gasteiger partial charge < -0.3 is 0 Å². The third-order valence-electron chi connectivity index (χ3n) is 1.18. The maximum Gasteiger partial charge on any atom is 0.301 e. The summed E-state index contributed by atoms with van der Waals surface area (Å²) in [4.78, 5) is 9.74. The molecule has 0 aromatic rings. The second-order valence-corrected chi connectivity index (χ2v) is 4.81. The van der Waals surface area contributed by atoms with Crippen molar-refractivity contribution in [2.24, 2.45) is 0 Å². The molecule has 0 aromatic carbocycles. The number of nitrogens with zero attached hydrogens (tertiary/aromatic N) is 1. The van der Waals surface area contributed by atoms with Gasteiger partial charge in [-0.2, -0.15) is 0 Å². The quantitative estimate of drug-likeness (QED) is 0.361. The first-order valence-electron chi connectivity index (χ1n) is 2.96. The minimum Gasteiger partial charge on any atom is -0.294 e. The van der Waals surface area contributed by atoms with E-state index in [0.29, 0.717) is 0 Å². The topological polar surface area (TPSA) is 69.4 Å². The highest BCUT2D eigenvalue weighted by Gasteiger charge is 2.21. The molecule has 0 fully saturated rings. The van der Waals surface area contributed by atoms with E-state index >= 15 is 0 Å². The molecule has 0 amide bonds. The van der Waals surface area contributed by atoms with E-state index in [4.69, 9.17) is 0 Å². The smallest absolute Gasteiger partial charge is 0.294 e. The molecule has 0 aromatic heterocycles. The summed E-state index contributed by atoms with van der Waals surface area (Å²) in [5.74, 6) is 0. The van der Waals surface area contributed by atoms with E-state index in [1.54, 1.807) is 13.8 Å². The van der Waals surface area contributed by atoms with Crippen molar-refractivity contribution >= 4 is 7.37 Å². The van der Waals surface area contributed by atoms with Crippen molar-refractivity contribution < 1.29 is 14.3 Å². The molecule has 5 nitrogen and oxygen atoms in total. The lowest BCUT2D eigenvalue weighted by Gasteiger charge is -2.09. The molecule has 0 heterocycles. The highest BCUT2D eigenvalue weighted by molar-refractivity contribution is 7.58. The lowest BCUT2D eigenvalue weighted by Crippen LogP contribution is -2.01. The summed E-state index contributed by atoms with van der Waals surface area (Å²) in [5.41, 5.74) is 0. The monoisotopic (exact) mass is 167 g/mol. The first-order chi connectivity index (χ1) is 4.54. The van der Waals surface area contributed by atoms with Crippen LogP contribution in [-0.4, -0.2) is 17.4 Å². The molecule has 0 spiro atoms. The van der Waals surface area contributed by atoms with Crippen molar-refractivity contribution in [3.63, 3.8) is 0 Å². The Hall–Kier alpha value is -0.570. The molecule has 0 unspecified atom stereocenters. The summed E-state index contributed by atoms with van der Waals surface area (Å²) in [5, 5.41) is 8.75. The zero-order valence-corrected chi connectivity index (χ0v) is 6.84. The fourth-order valence-electron chi connectivity index (χ4n) is 0.461. The first kappa shape index (κ1) is 9.43. The van der Waals surface area contributed by atoms with Gasteiger partial charge in [0.2, 0.25) is 7.37 Å². The van der Waals surface area contributed by atoms with Crippen molar-refractivity contribution in [3.8, 4) is 0 Å². The van der Waals surface area contributed by atoms with Crippen LogP contribution in [0, 0.1) is 10.1 Å². The standard InChI is InChI=1S/C4H10NO4P/c1-3-10(8,4-2)9-5(6)7/h3-4H2,1-2H3. The predicted octanol–water partition coefficient (Wildman–Crippen LogP) is 1.51. The zero-order chi connectivity index (χ0) is 8.20. The highest BCUT2D eigenvalue weighted by atomic mass is 31.2. The van der Waals surface area contributed by atoms with Crippen LogP contribution >= 0.6 is 7.37 Å².